The summed E-state index contributed by atoms with van der Waals surface area (Å²) in [6.45, 7) is 8.76. The van der Waals surface area contributed by atoms with E-state index in [1.165, 1.54) is 6.42 Å². The summed E-state index contributed by atoms with van der Waals surface area (Å²) in [6.07, 6.45) is 1.31. The van der Waals surface area contributed by atoms with E-state index in [1.807, 2.05) is 0 Å². The molecule has 82 valence electrons. The molecule has 14 heavy (non-hydrogen) atoms. The van der Waals surface area contributed by atoms with Gasteiger partial charge in [0.1, 0.15) is 0 Å². The van der Waals surface area contributed by atoms with E-state index in [4.69, 9.17) is 0 Å². The number of hydrogen-bond donors (Lipinski definition) is 1. The Balaban J connectivity index is 2.11. The molecule has 2 nitrogen and oxygen atoms in total. The van der Waals surface area contributed by atoms with Crippen LogP contribution in [0.15, 0.2) is 0 Å². The Bertz CT molecular complexity index is 264. The first-order chi connectivity index (χ1) is 6.41. The van der Waals surface area contributed by atoms with Gasteiger partial charge >= 0.3 is 0 Å². The van der Waals surface area contributed by atoms with Gasteiger partial charge in [0.25, 0.3) is 0 Å². The van der Waals surface area contributed by atoms with Gasteiger partial charge in [-0.3, -0.25) is 4.21 Å². The van der Waals surface area contributed by atoms with E-state index >= 15 is 0 Å². The number of nitrogens with one attached hydrogen (secondary N) is 1. The second-order valence-corrected chi connectivity index (χ2v) is 7.45. The fourth-order valence-corrected chi connectivity index (χ4v) is 4.22. The van der Waals surface area contributed by atoms with Gasteiger partial charge in [-0.25, -0.2) is 0 Å². The van der Waals surface area contributed by atoms with Gasteiger partial charge in [-0.15, -0.1) is 0 Å². The highest BCUT2D eigenvalue weighted by molar-refractivity contribution is 7.85. The lowest BCUT2D eigenvalue weighted by Gasteiger charge is -2.40. The minimum absolute atomic E-state index is 0.0599. The molecule has 2 aliphatic rings. The molecule has 0 aromatic heterocycles. The van der Waals surface area contributed by atoms with Gasteiger partial charge in [-0.2, -0.15) is 0 Å². The van der Waals surface area contributed by atoms with Crippen LogP contribution in [0.4, 0.5) is 0 Å². The van der Waals surface area contributed by atoms with Gasteiger partial charge in [0, 0.05) is 33.4 Å². The predicted molar refractivity (Wildman–Crippen MR) is 60.7 cm³/mol. The molecular formula is C11H21NOS. The molecular weight excluding hydrogens is 194 g/mol. The van der Waals surface area contributed by atoms with Crippen LogP contribution in [0.2, 0.25) is 0 Å². The predicted octanol–water partition coefficient (Wildman–Crippen LogP) is 1.53. The van der Waals surface area contributed by atoms with Crippen molar-refractivity contribution in [3.8, 4) is 0 Å². The van der Waals surface area contributed by atoms with Crippen molar-refractivity contribution in [2.24, 2.45) is 11.8 Å². The molecule has 1 saturated carbocycles. The molecule has 1 aliphatic carbocycles. The molecule has 1 aliphatic heterocycles. The van der Waals surface area contributed by atoms with Crippen molar-refractivity contribution in [3.05, 3.63) is 0 Å². The van der Waals surface area contributed by atoms with Crippen molar-refractivity contribution in [1.82, 2.24) is 5.32 Å². The molecule has 2 rings (SSSR count). The van der Waals surface area contributed by atoms with Crippen molar-refractivity contribution in [2.45, 2.75) is 50.9 Å². The zero-order chi connectivity index (χ0) is 10.5. The average Bonchev–Trinajstić information content (AvgIpc) is 2.74. The normalized spacial score (nSPS) is 51.6. The van der Waals surface area contributed by atoms with Gasteiger partial charge in [-0.1, -0.05) is 6.92 Å². The van der Waals surface area contributed by atoms with E-state index in [-0.39, 0.29) is 5.54 Å². The van der Waals surface area contributed by atoms with Crippen LogP contribution in [-0.4, -0.2) is 26.8 Å². The fourth-order valence-electron chi connectivity index (χ4n) is 2.57. The first kappa shape index (κ1) is 10.6. The van der Waals surface area contributed by atoms with Crippen molar-refractivity contribution >= 4 is 10.8 Å². The maximum absolute atomic E-state index is 11.9. The maximum atomic E-state index is 11.9. The van der Waals surface area contributed by atoms with E-state index in [2.05, 4.69) is 33.0 Å². The minimum Gasteiger partial charge on any atom is -0.307 e. The van der Waals surface area contributed by atoms with E-state index in [0.717, 1.165) is 17.6 Å². The van der Waals surface area contributed by atoms with Gasteiger partial charge < -0.3 is 5.32 Å². The lowest BCUT2D eigenvalue weighted by Crippen LogP contribution is -2.60. The largest absolute Gasteiger partial charge is 0.307 e. The van der Waals surface area contributed by atoms with Crippen LogP contribution in [0.1, 0.15) is 34.1 Å². The van der Waals surface area contributed by atoms with Crippen LogP contribution in [0.25, 0.3) is 0 Å². The van der Waals surface area contributed by atoms with Crippen LogP contribution in [0, 0.1) is 11.8 Å². The topological polar surface area (TPSA) is 29.1 Å². The highest BCUT2D eigenvalue weighted by Crippen LogP contribution is 2.44. The SMILES string of the molecule is CC1CC1C1NC(C)(C)CS(=O)C1C. The maximum Gasteiger partial charge on any atom is 0.0476 e. The molecule has 5 unspecified atom stereocenters. The van der Waals surface area contributed by atoms with E-state index in [0.29, 0.717) is 11.3 Å². The Morgan fingerprint density at radius 2 is 1.93 bits per heavy atom. The molecule has 2 fully saturated rings. The zero-order valence-corrected chi connectivity index (χ0v) is 10.4. The fraction of sp³-hybridized carbons (Fsp3) is 1.00. The Kier molecular flexibility index (Phi) is 2.51. The van der Waals surface area contributed by atoms with Crippen molar-refractivity contribution < 1.29 is 4.21 Å². The second kappa shape index (κ2) is 3.31. The van der Waals surface area contributed by atoms with Gasteiger partial charge in [0.2, 0.25) is 0 Å². The third-order valence-corrected chi connectivity index (χ3v) is 5.74. The molecule has 5 atom stereocenters. The van der Waals surface area contributed by atoms with Crippen LogP contribution in [0.3, 0.4) is 0 Å². The first-order valence-corrected chi connectivity index (χ1v) is 6.94. The monoisotopic (exact) mass is 215 g/mol. The quantitative estimate of drug-likeness (QED) is 0.719. The summed E-state index contributed by atoms with van der Waals surface area (Å²) in [5.74, 6) is 2.40. The number of hydrogen-bond acceptors (Lipinski definition) is 2. The highest BCUT2D eigenvalue weighted by Gasteiger charge is 2.47. The summed E-state index contributed by atoms with van der Waals surface area (Å²) >= 11 is 0. The third kappa shape index (κ3) is 1.89. The van der Waals surface area contributed by atoms with Gasteiger partial charge in [0.15, 0.2) is 0 Å². The van der Waals surface area contributed by atoms with Crippen LogP contribution >= 0.6 is 0 Å². The zero-order valence-electron chi connectivity index (χ0n) is 9.54. The summed E-state index contributed by atoms with van der Waals surface area (Å²) in [7, 11) is -0.642. The lowest BCUT2D eigenvalue weighted by atomic mass is 10.0. The summed E-state index contributed by atoms with van der Waals surface area (Å²) in [5.41, 5.74) is 0.0599. The first-order valence-electron chi connectivity index (χ1n) is 5.55. The molecule has 0 bridgehead atoms. The third-order valence-electron chi connectivity index (χ3n) is 3.61. The minimum atomic E-state index is -0.642. The van der Waals surface area contributed by atoms with Crippen LogP contribution in [0.5, 0.6) is 0 Å². The van der Waals surface area contributed by atoms with Crippen molar-refractivity contribution in [2.75, 3.05) is 5.75 Å². The lowest BCUT2D eigenvalue weighted by molar-refractivity contribution is 0.310. The molecule has 3 heteroatoms. The van der Waals surface area contributed by atoms with Crippen molar-refractivity contribution in [3.63, 3.8) is 0 Å². The average molecular weight is 215 g/mol. The summed E-state index contributed by atoms with van der Waals surface area (Å²) in [4.78, 5) is 0. The van der Waals surface area contributed by atoms with E-state index < -0.39 is 10.8 Å². The number of rotatable bonds is 1. The van der Waals surface area contributed by atoms with E-state index in [1.54, 1.807) is 0 Å². The van der Waals surface area contributed by atoms with Gasteiger partial charge in [0.05, 0.1) is 0 Å². The standard InChI is InChI=1S/C11H21NOS/c1-7-5-9(7)10-8(2)14(13)6-11(3,4)12-10/h7-10,12H,5-6H2,1-4H3. The molecule has 1 N–H and O–H groups in total. The summed E-state index contributed by atoms with van der Waals surface area (Å²) in [5, 5.41) is 4.00. The molecule has 0 aromatic rings. The molecule has 0 spiro atoms. The van der Waals surface area contributed by atoms with E-state index in [9.17, 15) is 4.21 Å². The Hall–Kier alpha value is 0.110. The Morgan fingerprint density at radius 1 is 1.36 bits per heavy atom. The molecule has 1 saturated heterocycles. The highest BCUT2D eigenvalue weighted by atomic mass is 32.2. The van der Waals surface area contributed by atoms with Crippen LogP contribution < -0.4 is 5.32 Å². The molecule has 0 amide bonds. The summed E-state index contributed by atoms with van der Waals surface area (Å²) in [6, 6.07) is 0.481. The van der Waals surface area contributed by atoms with Crippen molar-refractivity contribution in [1.29, 1.82) is 0 Å². The Labute approximate surface area is 89.3 Å². The molecule has 1 heterocycles. The Morgan fingerprint density at radius 3 is 2.43 bits per heavy atom. The smallest absolute Gasteiger partial charge is 0.0476 e. The van der Waals surface area contributed by atoms with Gasteiger partial charge in [-0.05, 0) is 39.0 Å². The molecule has 0 aromatic carbocycles. The molecule has 0 radical (unpaired) electrons. The van der Waals surface area contributed by atoms with Crippen LogP contribution in [-0.2, 0) is 10.8 Å². The second-order valence-electron chi connectivity index (χ2n) is 5.66. The summed E-state index contributed by atoms with van der Waals surface area (Å²) < 4.78 is 11.9.